The summed E-state index contributed by atoms with van der Waals surface area (Å²) in [5, 5.41) is 4.96. The second-order valence-electron chi connectivity index (χ2n) is 4.66. The number of aryl methyl sites for hydroxylation is 1. The number of hydrogen-bond acceptors (Lipinski definition) is 3. The van der Waals surface area contributed by atoms with E-state index in [1.165, 1.54) is 0 Å². The Morgan fingerprint density at radius 3 is 2.56 bits per heavy atom. The number of primary sulfonamides is 1. The van der Waals surface area contributed by atoms with E-state index in [0.29, 0.717) is 13.0 Å². The van der Waals surface area contributed by atoms with Crippen molar-refractivity contribution in [2.45, 2.75) is 26.7 Å². The summed E-state index contributed by atoms with van der Waals surface area (Å²) >= 11 is 0. The van der Waals surface area contributed by atoms with Crippen molar-refractivity contribution < 1.29 is 13.2 Å². The molecule has 0 fully saturated rings. The zero-order chi connectivity index (χ0) is 13.6. The highest BCUT2D eigenvalue weighted by Crippen LogP contribution is 2.17. The smallest absolute Gasteiger partial charge is 0.209 e. The summed E-state index contributed by atoms with van der Waals surface area (Å²) in [6.07, 6.45) is 1.40. The van der Waals surface area contributed by atoms with Crippen molar-refractivity contribution in [2.24, 2.45) is 11.1 Å². The van der Waals surface area contributed by atoms with Crippen LogP contribution in [-0.2, 0) is 10.0 Å². The van der Waals surface area contributed by atoms with Gasteiger partial charge in [0.2, 0.25) is 10.0 Å². The molecule has 4 nitrogen and oxygen atoms in total. The van der Waals surface area contributed by atoms with Gasteiger partial charge in [0, 0.05) is 0 Å². The van der Waals surface area contributed by atoms with Crippen LogP contribution in [-0.4, -0.2) is 20.8 Å². The van der Waals surface area contributed by atoms with Crippen LogP contribution in [0.15, 0.2) is 24.3 Å². The van der Waals surface area contributed by atoms with Gasteiger partial charge in [-0.3, -0.25) is 0 Å². The predicted molar refractivity (Wildman–Crippen MR) is 73.0 cm³/mol. The van der Waals surface area contributed by atoms with Crippen molar-refractivity contribution in [1.82, 2.24) is 0 Å². The quantitative estimate of drug-likeness (QED) is 0.825. The molecule has 0 spiro atoms. The van der Waals surface area contributed by atoms with Crippen LogP contribution in [0.3, 0.4) is 0 Å². The summed E-state index contributed by atoms with van der Waals surface area (Å²) in [5.74, 6) is 1.21. The molecule has 1 aromatic rings. The van der Waals surface area contributed by atoms with Crippen molar-refractivity contribution in [3.05, 3.63) is 29.8 Å². The summed E-state index contributed by atoms with van der Waals surface area (Å²) in [6.45, 7) is 4.60. The van der Waals surface area contributed by atoms with E-state index in [9.17, 15) is 8.42 Å². The van der Waals surface area contributed by atoms with E-state index >= 15 is 0 Å². The molecule has 0 aliphatic heterocycles. The van der Waals surface area contributed by atoms with E-state index in [1.807, 2.05) is 38.1 Å². The fourth-order valence-electron chi connectivity index (χ4n) is 1.60. The lowest BCUT2D eigenvalue weighted by molar-refractivity contribution is 0.280. The molecule has 1 atom stereocenters. The van der Waals surface area contributed by atoms with Crippen molar-refractivity contribution >= 4 is 10.0 Å². The molecule has 0 aromatic heterocycles. The fraction of sp³-hybridized carbons (Fsp3) is 0.538. The van der Waals surface area contributed by atoms with Gasteiger partial charge in [-0.1, -0.05) is 25.1 Å². The molecule has 0 bridgehead atoms. The predicted octanol–water partition coefficient (Wildman–Crippen LogP) is 2.08. The Hall–Kier alpha value is -1.07. The minimum atomic E-state index is -3.34. The lowest BCUT2D eigenvalue weighted by atomic mass is 10.1. The molecule has 1 unspecified atom stereocenters. The van der Waals surface area contributed by atoms with E-state index < -0.39 is 10.0 Å². The largest absolute Gasteiger partial charge is 0.493 e. The van der Waals surface area contributed by atoms with Gasteiger partial charge in [-0.05, 0) is 37.3 Å². The molecule has 0 aliphatic carbocycles. The second kappa shape index (κ2) is 6.75. The maximum Gasteiger partial charge on any atom is 0.209 e. The Morgan fingerprint density at radius 1 is 1.28 bits per heavy atom. The number of ether oxygens (including phenoxy) is 1. The summed E-state index contributed by atoms with van der Waals surface area (Å²) in [7, 11) is -3.34. The van der Waals surface area contributed by atoms with Crippen LogP contribution in [0.2, 0.25) is 0 Å². The van der Waals surface area contributed by atoms with Crippen LogP contribution in [0, 0.1) is 12.8 Å². The first kappa shape index (κ1) is 15.0. The summed E-state index contributed by atoms with van der Waals surface area (Å²) in [6, 6.07) is 7.84. The molecular weight excluding hydrogens is 250 g/mol. The lowest BCUT2D eigenvalue weighted by Gasteiger charge is -2.12. The molecule has 1 rings (SSSR count). The average Bonchev–Trinajstić information content (AvgIpc) is 2.28. The maximum atomic E-state index is 10.8. The number of benzene rings is 1. The lowest BCUT2D eigenvalue weighted by Crippen LogP contribution is -2.18. The van der Waals surface area contributed by atoms with E-state index in [2.05, 4.69) is 0 Å². The monoisotopic (exact) mass is 271 g/mol. The third-order valence-corrected chi connectivity index (χ3v) is 3.66. The van der Waals surface area contributed by atoms with Crippen molar-refractivity contribution in [3.8, 4) is 5.75 Å². The van der Waals surface area contributed by atoms with Crippen molar-refractivity contribution in [2.75, 3.05) is 12.4 Å². The van der Waals surface area contributed by atoms with Crippen molar-refractivity contribution in [3.63, 3.8) is 0 Å². The molecule has 0 amide bonds. The van der Waals surface area contributed by atoms with Gasteiger partial charge in [0.25, 0.3) is 0 Å². The van der Waals surface area contributed by atoms with Gasteiger partial charge in [0.15, 0.2) is 0 Å². The molecule has 1 aromatic carbocycles. The van der Waals surface area contributed by atoms with Crippen LogP contribution in [0.5, 0.6) is 5.75 Å². The zero-order valence-corrected chi connectivity index (χ0v) is 11.7. The molecule has 2 N–H and O–H groups in total. The van der Waals surface area contributed by atoms with Crippen molar-refractivity contribution in [1.29, 1.82) is 0 Å². The van der Waals surface area contributed by atoms with E-state index in [0.717, 1.165) is 17.7 Å². The van der Waals surface area contributed by atoms with Gasteiger partial charge in [-0.2, -0.15) is 0 Å². The fourth-order valence-corrected chi connectivity index (χ4v) is 2.33. The molecular formula is C13H21NO3S. The van der Waals surface area contributed by atoms with Crippen LogP contribution in [0.1, 0.15) is 25.3 Å². The first-order valence-corrected chi connectivity index (χ1v) is 7.79. The minimum Gasteiger partial charge on any atom is -0.493 e. The molecule has 0 saturated heterocycles. The summed E-state index contributed by atoms with van der Waals surface area (Å²) < 4.78 is 27.3. The first-order valence-electron chi connectivity index (χ1n) is 6.07. The van der Waals surface area contributed by atoms with E-state index in [4.69, 9.17) is 9.88 Å². The summed E-state index contributed by atoms with van der Waals surface area (Å²) in [4.78, 5) is 0. The molecule has 0 heterocycles. The first-order chi connectivity index (χ1) is 8.38. The Balaban J connectivity index is 2.28. The van der Waals surface area contributed by atoms with Gasteiger partial charge in [0.1, 0.15) is 5.75 Å². The standard InChI is InChI=1S/C13H21NO3S/c1-11(8-10-18(14,15)16)7-9-17-13-6-4-3-5-12(13)2/h3-6,11H,7-10H2,1-2H3,(H2,14,15,16). The van der Waals surface area contributed by atoms with Crippen LogP contribution < -0.4 is 9.88 Å². The minimum absolute atomic E-state index is 0.0402. The van der Waals surface area contributed by atoms with Gasteiger partial charge >= 0.3 is 0 Å². The van der Waals surface area contributed by atoms with E-state index in [1.54, 1.807) is 0 Å². The van der Waals surface area contributed by atoms with Gasteiger partial charge in [-0.25, -0.2) is 13.6 Å². The highest BCUT2D eigenvalue weighted by atomic mass is 32.2. The van der Waals surface area contributed by atoms with Crippen LogP contribution in [0.4, 0.5) is 0 Å². The average molecular weight is 271 g/mol. The van der Waals surface area contributed by atoms with Crippen LogP contribution >= 0.6 is 0 Å². The third-order valence-electron chi connectivity index (χ3n) is 2.86. The molecule has 0 aliphatic rings. The SMILES string of the molecule is Cc1ccccc1OCCC(C)CCS(N)(=O)=O. The van der Waals surface area contributed by atoms with Crippen LogP contribution in [0.25, 0.3) is 0 Å². The Bertz CT molecular complexity index is 471. The molecule has 0 radical (unpaired) electrons. The van der Waals surface area contributed by atoms with Gasteiger partial charge in [-0.15, -0.1) is 0 Å². The Morgan fingerprint density at radius 2 is 1.94 bits per heavy atom. The maximum absolute atomic E-state index is 10.8. The topological polar surface area (TPSA) is 69.4 Å². The third kappa shape index (κ3) is 6.02. The molecule has 102 valence electrons. The number of sulfonamides is 1. The van der Waals surface area contributed by atoms with Gasteiger partial charge in [0.05, 0.1) is 12.4 Å². The number of nitrogens with two attached hydrogens (primary N) is 1. The second-order valence-corrected chi connectivity index (χ2v) is 6.40. The Kier molecular flexibility index (Phi) is 5.62. The molecule has 0 saturated carbocycles. The highest BCUT2D eigenvalue weighted by Gasteiger charge is 2.08. The highest BCUT2D eigenvalue weighted by molar-refractivity contribution is 7.89. The number of rotatable bonds is 7. The molecule has 5 heteroatoms. The summed E-state index contributed by atoms with van der Waals surface area (Å²) in [5.41, 5.74) is 1.11. The number of hydrogen-bond donors (Lipinski definition) is 1. The van der Waals surface area contributed by atoms with E-state index in [-0.39, 0.29) is 11.7 Å². The van der Waals surface area contributed by atoms with Gasteiger partial charge < -0.3 is 4.74 Å². The number of para-hydroxylation sites is 1. The molecule has 18 heavy (non-hydrogen) atoms. The Labute approximate surface area is 109 Å². The normalized spacial score (nSPS) is 13.3. The zero-order valence-electron chi connectivity index (χ0n) is 10.9.